The summed E-state index contributed by atoms with van der Waals surface area (Å²) in [6, 6.07) is 5.91. The molecule has 0 saturated heterocycles. The smallest absolute Gasteiger partial charge is 0.243 e. The summed E-state index contributed by atoms with van der Waals surface area (Å²) in [5.41, 5.74) is 0.448. The molecule has 8 heteroatoms. The van der Waals surface area contributed by atoms with Gasteiger partial charge in [-0.3, -0.25) is 9.10 Å². The third-order valence-electron chi connectivity index (χ3n) is 4.55. The molecule has 0 aliphatic heterocycles. The SMILES string of the molecule is CCOc1ccc(N(C(C)C(=O)NCCSC2CCCC2)S(C)(=O)=O)cc1. The standard InChI is InChI=1S/C19H30N2O4S2/c1-4-25-17-11-9-16(10-12-17)21(27(3,23)24)15(2)19(22)20-13-14-26-18-7-5-6-8-18/h9-12,15,18H,4-8,13-14H2,1-3H3,(H,20,22). The lowest BCUT2D eigenvalue weighted by Gasteiger charge is -2.28. The van der Waals surface area contributed by atoms with Crippen LogP contribution in [-0.4, -0.2) is 50.8 Å². The monoisotopic (exact) mass is 414 g/mol. The van der Waals surface area contributed by atoms with E-state index in [4.69, 9.17) is 4.74 Å². The maximum absolute atomic E-state index is 12.5. The van der Waals surface area contributed by atoms with Crippen molar-refractivity contribution >= 4 is 33.4 Å². The predicted molar refractivity (Wildman–Crippen MR) is 112 cm³/mol. The zero-order chi connectivity index (χ0) is 19.9. The normalized spacial score (nSPS) is 16.1. The lowest BCUT2D eigenvalue weighted by atomic mass is 10.2. The van der Waals surface area contributed by atoms with Crippen molar-refractivity contribution in [1.29, 1.82) is 0 Å². The van der Waals surface area contributed by atoms with Gasteiger partial charge in [-0.1, -0.05) is 12.8 Å². The molecule has 0 radical (unpaired) electrons. The summed E-state index contributed by atoms with van der Waals surface area (Å²) in [6.45, 7) is 4.57. The molecule has 1 fully saturated rings. The zero-order valence-electron chi connectivity index (χ0n) is 16.3. The fraction of sp³-hybridized carbons (Fsp3) is 0.632. The van der Waals surface area contributed by atoms with Crippen LogP contribution in [0.5, 0.6) is 5.75 Å². The lowest BCUT2D eigenvalue weighted by Crippen LogP contribution is -2.48. The number of carbonyl (C=O) groups is 1. The first-order valence-corrected chi connectivity index (χ1v) is 12.3. The fourth-order valence-corrected chi connectivity index (χ4v) is 5.66. The van der Waals surface area contributed by atoms with Crippen LogP contribution in [0.2, 0.25) is 0 Å². The molecule has 1 aliphatic carbocycles. The van der Waals surface area contributed by atoms with E-state index < -0.39 is 16.1 Å². The first kappa shape index (κ1) is 21.9. The minimum Gasteiger partial charge on any atom is -0.494 e. The van der Waals surface area contributed by atoms with E-state index in [1.54, 1.807) is 31.2 Å². The molecule has 1 unspecified atom stereocenters. The number of thioether (sulfide) groups is 1. The van der Waals surface area contributed by atoms with Gasteiger partial charge in [0.25, 0.3) is 0 Å². The van der Waals surface area contributed by atoms with Gasteiger partial charge in [0, 0.05) is 17.5 Å². The molecule has 1 N–H and O–H groups in total. The third-order valence-corrected chi connectivity index (χ3v) is 7.17. The molecule has 0 spiro atoms. The molecule has 0 aromatic heterocycles. The van der Waals surface area contributed by atoms with E-state index in [9.17, 15) is 13.2 Å². The molecule has 1 aromatic carbocycles. The third kappa shape index (κ3) is 6.60. The minimum atomic E-state index is -3.60. The average molecular weight is 415 g/mol. The number of amides is 1. The van der Waals surface area contributed by atoms with Gasteiger partial charge in [0.2, 0.25) is 15.9 Å². The fourth-order valence-electron chi connectivity index (χ4n) is 3.27. The Morgan fingerprint density at radius 1 is 1.30 bits per heavy atom. The Kier molecular flexibility index (Phi) is 8.28. The second kappa shape index (κ2) is 10.2. The zero-order valence-corrected chi connectivity index (χ0v) is 17.9. The largest absolute Gasteiger partial charge is 0.494 e. The minimum absolute atomic E-state index is 0.290. The summed E-state index contributed by atoms with van der Waals surface area (Å²) in [5, 5.41) is 3.57. The maximum Gasteiger partial charge on any atom is 0.243 e. The Hall–Kier alpha value is -1.41. The molecular formula is C19H30N2O4S2. The van der Waals surface area contributed by atoms with Crippen molar-refractivity contribution in [2.24, 2.45) is 0 Å². The number of rotatable bonds is 10. The number of nitrogens with zero attached hydrogens (tertiary/aromatic N) is 1. The molecule has 1 atom stereocenters. The molecule has 0 bridgehead atoms. The van der Waals surface area contributed by atoms with Crippen molar-refractivity contribution in [3.05, 3.63) is 24.3 Å². The van der Waals surface area contributed by atoms with Crippen LogP contribution in [0.25, 0.3) is 0 Å². The number of anilines is 1. The Morgan fingerprint density at radius 3 is 2.48 bits per heavy atom. The van der Waals surface area contributed by atoms with Crippen LogP contribution in [0.15, 0.2) is 24.3 Å². The number of hydrogen-bond acceptors (Lipinski definition) is 5. The van der Waals surface area contributed by atoms with Crippen LogP contribution in [0, 0.1) is 0 Å². The Morgan fingerprint density at radius 2 is 1.93 bits per heavy atom. The second-order valence-electron chi connectivity index (χ2n) is 6.73. The van der Waals surface area contributed by atoms with E-state index in [1.807, 2.05) is 18.7 Å². The van der Waals surface area contributed by atoms with E-state index in [2.05, 4.69) is 5.32 Å². The molecule has 152 valence electrons. The van der Waals surface area contributed by atoms with Gasteiger partial charge in [0.1, 0.15) is 11.8 Å². The van der Waals surface area contributed by atoms with Crippen molar-refractivity contribution < 1.29 is 17.9 Å². The van der Waals surface area contributed by atoms with Gasteiger partial charge in [0.15, 0.2) is 0 Å². The predicted octanol–water partition coefficient (Wildman–Crippen LogP) is 3.03. The number of ether oxygens (including phenoxy) is 1. The van der Waals surface area contributed by atoms with Gasteiger partial charge < -0.3 is 10.1 Å². The number of sulfonamides is 1. The van der Waals surface area contributed by atoms with E-state index in [1.165, 1.54) is 25.7 Å². The Labute approximate surface area is 167 Å². The molecule has 2 rings (SSSR count). The van der Waals surface area contributed by atoms with Crippen molar-refractivity contribution in [2.75, 3.05) is 29.5 Å². The average Bonchev–Trinajstić information content (AvgIpc) is 3.12. The lowest BCUT2D eigenvalue weighted by molar-refractivity contribution is -0.121. The quantitative estimate of drug-likeness (QED) is 0.596. The van der Waals surface area contributed by atoms with E-state index >= 15 is 0 Å². The highest BCUT2D eigenvalue weighted by Crippen LogP contribution is 2.29. The number of hydrogen-bond donors (Lipinski definition) is 1. The summed E-state index contributed by atoms with van der Waals surface area (Å²) >= 11 is 1.89. The van der Waals surface area contributed by atoms with Crippen molar-refractivity contribution in [3.8, 4) is 5.75 Å². The van der Waals surface area contributed by atoms with Crippen molar-refractivity contribution in [2.45, 2.75) is 50.8 Å². The highest BCUT2D eigenvalue weighted by atomic mass is 32.2. The Bertz CT molecular complexity index is 701. The molecule has 6 nitrogen and oxygen atoms in total. The number of nitrogens with one attached hydrogen (secondary N) is 1. The maximum atomic E-state index is 12.5. The second-order valence-corrected chi connectivity index (χ2v) is 10.00. The van der Waals surface area contributed by atoms with Crippen LogP contribution in [0.1, 0.15) is 39.5 Å². The molecule has 1 saturated carbocycles. The van der Waals surface area contributed by atoms with Crippen LogP contribution in [0.4, 0.5) is 5.69 Å². The van der Waals surface area contributed by atoms with Crippen LogP contribution < -0.4 is 14.4 Å². The van der Waals surface area contributed by atoms with Gasteiger partial charge >= 0.3 is 0 Å². The van der Waals surface area contributed by atoms with Gasteiger partial charge in [0.05, 0.1) is 18.6 Å². The molecule has 1 aromatic rings. The summed E-state index contributed by atoms with van der Waals surface area (Å²) in [7, 11) is -3.60. The number of carbonyl (C=O) groups excluding carboxylic acids is 1. The highest BCUT2D eigenvalue weighted by Gasteiger charge is 2.29. The molecule has 1 amide bonds. The van der Waals surface area contributed by atoms with Gasteiger partial charge in [-0.25, -0.2) is 8.42 Å². The van der Waals surface area contributed by atoms with Crippen LogP contribution in [0.3, 0.4) is 0 Å². The van der Waals surface area contributed by atoms with Crippen LogP contribution >= 0.6 is 11.8 Å². The molecule has 27 heavy (non-hydrogen) atoms. The molecular weight excluding hydrogens is 384 g/mol. The van der Waals surface area contributed by atoms with Crippen LogP contribution in [-0.2, 0) is 14.8 Å². The first-order chi connectivity index (χ1) is 12.8. The van der Waals surface area contributed by atoms with Gasteiger partial charge in [-0.2, -0.15) is 11.8 Å². The van der Waals surface area contributed by atoms with Crippen molar-refractivity contribution in [3.63, 3.8) is 0 Å². The summed E-state index contributed by atoms with van der Waals surface area (Å²) in [6.07, 6.45) is 6.23. The van der Waals surface area contributed by atoms with E-state index in [0.717, 1.165) is 16.3 Å². The summed E-state index contributed by atoms with van der Waals surface area (Å²) in [5.74, 6) is 1.22. The number of benzene rings is 1. The Balaban J connectivity index is 1.96. The van der Waals surface area contributed by atoms with Crippen molar-refractivity contribution in [1.82, 2.24) is 5.32 Å². The van der Waals surface area contributed by atoms with E-state index in [-0.39, 0.29) is 5.91 Å². The first-order valence-electron chi connectivity index (χ1n) is 9.44. The summed E-state index contributed by atoms with van der Waals surface area (Å²) in [4.78, 5) is 12.5. The topological polar surface area (TPSA) is 75.7 Å². The highest BCUT2D eigenvalue weighted by molar-refractivity contribution is 7.99. The van der Waals surface area contributed by atoms with E-state index in [0.29, 0.717) is 29.8 Å². The molecule has 0 heterocycles. The summed E-state index contributed by atoms with van der Waals surface area (Å²) < 4.78 is 31.2. The molecule has 1 aliphatic rings. The van der Waals surface area contributed by atoms with Gasteiger partial charge in [-0.05, 0) is 51.0 Å². The van der Waals surface area contributed by atoms with Gasteiger partial charge in [-0.15, -0.1) is 0 Å².